The third-order valence-corrected chi connectivity index (χ3v) is 23.0. The second-order valence-electron chi connectivity index (χ2n) is 25.4. The lowest BCUT2D eigenvalue weighted by Gasteiger charge is -2.30. The van der Waals surface area contributed by atoms with Crippen molar-refractivity contribution in [2.75, 3.05) is 0 Å². The molecule has 0 amide bonds. The summed E-state index contributed by atoms with van der Waals surface area (Å²) in [5.41, 5.74) is 33.1. The molecule has 84 heavy (non-hydrogen) atoms. The smallest absolute Gasteiger partial charge is 0.0210 e. The Kier molecular flexibility index (Phi) is 11.4. The molecule has 0 aromatic heterocycles. The third-order valence-electron chi connectivity index (χ3n) is 23.0. The summed E-state index contributed by atoms with van der Waals surface area (Å²) >= 11 is 0. The molecule has 0 heterocycles. The Balaban J connectivity index is 1.02. The number of fused-ring (bicyclic) bond motifs is 12. The van der Waals surface area contributed by atoms with Crippen LogP contribution in [-0.2, 0) is 21.7 Å². The van der Waals surface area contributed by atoms with Crippen LogP contribution in [0.5, 0.6) is 0 Å². The van der Waals surface area contributed by atoms with E-state index in [1.54, 1.807) is 0 Å². The van der Waals surface area contributed by atoms with Crippen LogP contribution in [0.3, 0.4) is 0 Å². The first-order valence-corrected chi connectivity index (χ1v) is 32.0. The van der Waals surface area contributed by atoms with Crippen LogP contribution in [-0.4, -0.2) is 0 Å². The molecule has 0 heteroatoms. The van der Waals surface area contributed by atoms with Crippen molar-refractivity contribution in [1.29, 1.82) is 0 Å². The second-order valence-corrected chi connectivity index (χ2v) is 25.4. The molecule has 12 aromatic carbocycles. The summed E-state index contributed by atoms with van der Waals surface area (Å²) in [6.07, 6.45) is 8.44. The molecule has 0 spiro atoms. The minimum Gasteiger partial charge on any atom is -0.0642 e. The number of hydrogen-bond donors (Lipinski definition) is 0. The molecule has 4 aliphatic rings. The molecule has 0 aliphatic heterocycles. The lowest BCUT2D eigenvalue weighted by molar-refractivity contribution is 0.490. The summed E-state index contributed by atoms with van der Waals surface area (Å²) in [6, 6.07) is 82.3. The van der Waals surface area contributed by atoms with Gasteiger partial charge in [0.25, 0.3) is 0 Å². The van der Waals surface area contributed by atoms with E-state index in [4.69, 9.17) is 0 Å². The van der Waals surface area contributed by atoms with E-state index in [1.807, 2.05) is 0 Å². The van der Waals surface area contributed by atoms with Crippen LogP contribution >= 0.6 is 0 Å². The summed E-state index contributed by atoms with van der Waals surface area (Å²) < 4.78 is 0. The normalized spacial score (nSPS) is 15.7. The van der Waals surface area contributed by atoms with E-state index in [1.165, 1.54) is 166 Å². The first kappa shape index (κ1) is 51.3. The molecule has 0 fully saturated rings. The fourth-order valence-electron chi connectivity index (χ4n) is 18.5. The van der Waals surface area contributed by atoms with E-state index in [-0.39, 0.29) is 21.7 Å². The van der Waals surface area contributed by atoms with E-state index >= 15 is 0 Å². The molecule has 4 aliphatic carbocycles. The molecule has 0 saturated heterocycles. The van der Waals surface area contributed by atoms with Gasteiger partial charge in [0.05, 0.1) is 0 Å². The largest absolute Gasteiger partial charge is 0.0642 e. The zero-order valence-electron chi connectivity index (χ0n) is 50.3. The molecule has 12 aromatic rings. The summed E-state index contributed by atoms with van der Waals surface area (Å²) in [7, 11) is 0. The quantitative estimate of drug-likeness (QED) is 0.107. The topological polar surface area (TPSA) is 0 Å². The predicted molar refractivity (Wildman–Crippen MR) is 359 cm³/mol. The van der Waals surface area contributed by atoms with Gasteiger partial charge in [0.2, 0.25) is 0 Å². The average Bonchev–Trinajstić information content (AvgIpc) is 0.924. The standard InChI is InChI=1S/C84H74/c1-9-81(10-2)71-29-21-17-25-55(71)59-37-33-51(45-75(59)81)67-49-68(52-34-38-60-56-26-18-22-30-72(56)82(11-3,12-4)76(60)46-52)64-43-44-66-70(54-36-40-62-58-28-20-24-32-74(58)84(15-7,16-8)78(62)48-54)50-69(65-42-41-63(67)79(64)80(65)66)53-35-39-61-57-27-19-23-31-73(57)83(13-5,14-6)77(61)47-53/h17-50H,9-16H2,1-8H3. The first-order valence-electron chi connectivity index (χ1n) is 32.0. The van der Waals surface area contributed by atoms with E-state index < -0.39 is 0 Å². The minimum absolute atomic E-state index is 0.0499. The van der Waals surface area contributed by atoms with Crippen molar-refractivity contribution in [3.8, 4) is 89.0 Å². The Bertz CT molecular complexity index is 4120. The zero-order chi connectivity index (χ0) is 57.0. The summed E-state index contributed by atoms with van der Waals surface area (Å²) in [6.45, 7) is 19.2. The maximum Gasteiger partial charge on any atom is 0.0210 e. The van der Waals surface area contributed by atoms with Crippen molar-refractivity contribution in [2.24, 2.45) is 0 Å². The van der Waals surface area contributed by atoms with Crippen LogP contribution in [0.15, 0.2) is 206 Å². The van der Waals surface area contributed by atoms with Gasteiger partial charge in [-0.1, -0.05) is 225 Å². The van der Waals surface area contributed by atoms with Gasteiger partial charge in [0.1, 0.15) is 0 Å². The van der Waals surface area contributed by atoms with Crippen LogP contribution in [0.1, 0.15) is 151 Å². The van der Waals surface area contributed by atoms with Gasteiger partial charge < -0.3 is 0 Å². The zero-order valence-corrected chi connectivity index (χ0v) is 50.3. The molecule has 0 saturated carbocycles. The fourth-order valence-corrected chi connectivity index (χ4v) is 18.5. The van der Waals surface area contributed by atoms with Crippen molar-refractivity contribution in [3.63, 3.8) is 0 Å². The molecular formula is C84H74. The Morgan fingerprint density at radius 2 is 0.393 bits per heavy atom. The van der Waals surface area contributed by atoms with Crippen LogP contribution in [0.2, 0.25) is 0 Å². The van der Waals surface area contributed by atoms with Crippen molar-refractivity contribution in [3.05, 3.63) is 251 Å². The van der Waals surface area contributed by atoms with Gasteiger partial charge in [0.15, 0.2) is 0 Å². The molecular weight excluding hydrogens is 1010 g/mol. The van der Waals surface area contributed by atoms with Crippen LogP contribution in [0.25, 0.3) is 121 Å². The van der Waals surface area contributed by atoms with Gasteiger partial charge in [-0.3, -0.25) is 0 Å². The van der Waals surface area contributed by atoms with Gasteiger partial charge in [-0.2, -0.15) is 0 Å². The summed E-state index contributed by atoms with van der Waals surface area (Å²) in [5, 5.41) is 7.98. The number of rotatable bonds is 12. The molecule has 0 nitrogen and oxygen atoms in total. The van der Waals surface area contributed by atoms with Crippen molar-refractivity contribution in [1.82, 2.24) is 0 Å². The lowest BCUT2D eigenvalue weighted by atomic mass is 9.72. The number of benzene rings is 12. The molecule has 0 radical (unpaired) electrons. The number of hydrogen-bond acceptors (Lipinski definition) is 0. The highest BCUT2D eigenvalue weighted by molar-refractivity contribution is 6.32. The highest BCUT2D eigenvalue weighted by Crippen LogP contribution is 2.60. The Morgan fingerprint density at radius 1 is 0.190 bits per heavy atom. The average molecular weight is 1080 g/mol. The van der Waals surface area contributed by atoms with Crippen LogP contribution in [0, 0.1) is 0 Å². The minimum atomic E-state index is -0.0499. The van der Waals surface area contributed by atoms with Crippen LogP contribution < -0.4 is 0 Å². The second kappa shape index (κ2) is 18.6. The highest BCUT2D eigenvalue weighted by Gasteiger charge is 2.45. The Hall–Kier alpha value is -8.32. The maximum atomic E-state index is 2.61. The third kappa shape index (κ3) is 6.45. The van der Waals surface area contributed by atoms with Crippen molar-refractivity contribution >= 4 is 32.3 Å². The van der Waals surface area contributed by atoms with E-state index in [2.05, 4.69) is 262 Å². The van der Waals surface area contributed by atoms with Gasteiger partial charge in [-0.05, 0) is 254 Å². The van der Waals surface area contributed by atoms with Crippen molar-refractivity contribution in [2.45, 2.75) is 128 Å². The SMILES string of the molecule is CCC1(CC)c2ccccc2-c2ccc(-c3cc(-c4ccc5c(c4)C(CC)(CC)c4ccccc4-5)c4ccc5c(-c6ccc7c(c6)C(CC)(CC)c6ccccc6-7)cc(-c6ccc7c(c6)C(CC)(CC)c6ccccc6-7)c6ccc3c4c65)cc21. The van der Waals surface area contributed by atoms with Crippen LogP contribution in [0.4, 0.5) is 0 Å². The lowest BCUT2D eigenvalue weighted by Crippen LogP contribution is -2.23. The van der Waals surface area contributed by atoms with Gasteiger partial charge in [0, 0.05) is 21.7 Å². The Morgan fingerprint density at radius 3 is 0.607 bits per heavy atom. The van der Waals surface area contributed by atoms with Crippen molar-refractivity contribution < 1.29 is 0 Å². The van der Waals surface area contributed by atoms with Gasteiger partial charge in [-0.25, -0.2) is 0 Å². The van der Waals surface area contributed by atoms with Gasteiger partial charge >= 0.3 is 0 Å². The van der Waals surface area contributed by atoms with Gasteiger partial charge in [-0.15, -0.1) is 0 Å². The molecule has 0 N–H and O–H groups in total. The molecule has 0 bridgehead atoms. The monoisotopic (exact) mass is 1080 g/mol. The Labute approximate surface area is 497 Å². The first-order chi connectivity index (χ1) is 41.2. The van der Waals surface area contributed by atoms with E-state index in [0.717, 1.165) is 51.4 Å². The molecule has 0 unspecified atom stereocenters. The van der Waals surface area contributed by atoms with E-state index in [0.29, 0.717) is 0 Å². The molecule has 0 atom stereocenters. The maximum absolute atomic E-state index is 2.61. The molecule has 410 valence electrons. The fraction of sp³-hybridized carbons (Fsp3) is 0.238. The summed E-state index contributed by atoms with van der Waals surface area (Å²) in [5.74, 6) is 0. The molecule has 16 rings (SSSR count). The van der Waals surface area contributed by atoms with E-state index in [9.17, 15) is 0 Å². The predicted octanol–water partition coefficient (Wildman–Crippen LogP) is 23.6. The summed E-state index contributed by atoms with van der Waals surface area (Å²) in [4.78, 5) is 0. The highest BCUT2D eigenvalue weighted by atomic mass is 14.5.